The fraction of sp³-hybridized carbons (Fsp3) is 0.571. The van der Waals surface area contributed by atoms with Crippen LogP contribution >= 0.6 is 0 Å². The van der Waals surface area contributed by atoms with Crippen LogP contribution in [0.25, 0.3) is 0 Å². The van der Waals surface area contributed by atoms with Crippen molar-refractivity contribution < 1.29 is 14.3 Å². The zero-order valence-electron chi connectivity index (χ0n) is 7.66. The number of hydrogen-bond donors (Lipinski definition) is 2. The van der Waals surface area contributed by atoms with E-state index >= 15 is 0 Å². The molecule has 0 bridgehead atoms. The lowest BCUT2D eigenvalue weighted by Crippen LogP contribution is -2.36. The van der Waals surface area contributed by atoms with E-state index in [0.717, 1.165) is 0 Å². The Hall–Kier alpha value is -1.43. The van der Waals surface area contributed by atoms with Crippen LogP contribution in [-0.2, 0) is 4.79 Å². The Morgan fingerprint density at radius 2 is 2.15 bits per heavy atom. The average Bonchev–Trinajstić information content (AvgIpc) is 2.33. The van der Waals surface area contributed by atoms with E-state index < -0.39 is 11.5 Å². The summed E-state index contributed by atoms with van der Waals surface area (Å²) in [4.78, 5) is 11.2. The van der Waals surface area contributed by atoms with Gasteiger partial charge < -0.3 is 9.52 Å². The monoisotopic (exact) mass is 185 g/mol. The van der Waals surface area contributed by atoms with Crippen molar-refractivity contribution in [3.8, 4) is 0 Å². The van der Waals surface area contributed by atoms with Crippen LogP contribution in [0.15, 0.2) is 4.42 Å². The predicted molar refractivity (Wildman–Crippen MR) is 44.0 cm³/mol. The van der Waals surface area contributed by atoms with Gasteiger partial charge in [0, 0.05) is 6.92 Å². The van der Waals surface area contributed by atoms with Crippen molar-refractivity contribution in [2.24, 2.45) is 0 Å². The van der Waals surface area contributed by atoms with Gasteiger partial charge in [0.2, 0.25) is 5.89 Å². The van der Waals surface area contributed by atoms with Crippen LogP contribution in [0.2, 0.25) is 0 Å². The third kappa shape index (κ3) is 2.51. The number of amides is 1. The minimum absolute atomic E-state index is 0.00961. The molecule has 6 heteroatoms. The summed E-state index contributed by atoms with van der Waals surface area (Å²) in [6.07, 6.45) is 0. The number of hydrogen-bond acceptors (Lipinski definition) is 5. The van der Waals surface area contributed by atoms with E-state index in [2.05, 4.69) is 15.5 Å². The molecule has 0 fully saturated rings. The predicted octanol–water partition coefficient (Wildman–Crippen LogP) is 0.0874. The van der Waals surface area contributed by atoms with Gasteiger partial charge in [0.1, 0.15) is 5.60 Å². The molecule has 0 aliphatic carbocycles. The number of carbonyl (C=O) groups is 1. The molecule has 1 amide bonds. The molecule has 0 radical (unpaired) electrons. The lowest BCUT2D eigenvalue weighted by Gasteiger charge is -2.13. The Labute approximate surface area is 75.0 Å². The smallest absolute Gasteiger partial charge is 0.322 e. The number of aromatic nitrogens is 2. The maximum atomic E-state index is 11.2. The summed E-state index contributed by atoms with van der Waals surface area (Å²) in [5.74, 6) is -0.234. The molecule has 0 aliphatic rings. The highest BCUT2D eigenvalue weighted by Crippen LogP contribution is 2.08. The molecule has 13 heavy (non-hydrogen) atoms. The van der Waals surface area contributed by atoms with E-state index in [1.165, 1.54) is 13.8 Å². The van der Waals surface area contributed by atoms with E-state index in [4.69, 9.17) is 4.42 Å². The molecule has 1 aromatic heterocycles. The van der Waals surface area contributed by atoms with E-state index in [1.807, 2.05) is 0 Å². The molecule has 0 unspecified atom stereocenters. The first kappa shape index (κ1) is 9.66. The number of rotatable bonds is 2. The van der Waals surface area contributed by atoms with Gasteiger partial charge in [-0.15, -0.1) is 5.10 Å². The molecule has 1 heterocycles. The lowest BCUT2D eigenvalue weighted by atomic mass is 10.1. The Bertz CT molecular complexity index is 313. The molecule has 0 aromatic carbocycles. The fourth-order valence-corrected chi connectivity index (χ4v) is 0.597. The van der Waals surface area contributed by atoms with Crippen molar-refractivity contribution in [2.75, 3.05) is 5.32 Å². The number of nitrogens with one attached hydrogen (secondary N) is 1. The molecular weight excluding hydrogens is 174 g/mol. The zero-order valence-corrected chi connectivity index (χ0v) is 7.66. The van der Waals surface area contributed by atoms with Gasteiger partial charge in [-0.3, -0.25) is 10.1 Å². The van der Waals surface area contributed by atoms with Crippen molar-refractivity contribution in [3.05, 3.63) is 5.89 Å². The first-order chi connectivity index (χ1) is 5.89. The summed E-state index contributed by atoms with van der Waals surface area (Å²) in [5.41, 5.74) is -1.46. The van der Waals surface area contributed by atoms with E-state index in [0.29, 0.717) is 5.89 Å². The number of aliphatic hydroxyl groups is 1. The van der Waals surface area contributed by atoms with Gasteiger partial charge in [-0.1, -0.05) is 5.10 Å². The van der Waals surface area contributed by atoms with Gasteiger partial charge in [0.25, 0.3) is 5.91 Å². The van der Waals surface area contributed by atoms with Crippen LogP contribution in [-0.4, -0.2) is 26.8 Å². The second-order valence-electron chi connectivity index (χ2n) is 3.14. The highest BCUT2D eigenvalue weighted by atomic mass is 16.4. The van der Waals surface area contributed by atoms with Crippen molar-refractivity contribution in [2.45, 2.75) is 26.4 Å². The largest absolute Gasteiger partial charge is 0.408 e. The van der Waals surface area contributed by atoms with Gasteiger partial charge in [-0.05, 0) is 13.8 Å². The molecule has 0 saturated heterocycles. The van der Waals surface area contributed by atoms with E-state index in [1.54, 1.807) is 6.92 Å². The van der Waals surface area contributed by atoms with Gasteiger partial charge in [0.15, 0.2) is 0 Å². The maximum absolute atomic E-state index is 11.2. The molecular formula is C7H11N3O3. The summed E-state index contributed by atoms with van der Waals surface area (Å²) in [6, 6.07) is -0.00961. The lowest BCUT2D eigenvalue weighted by molar-refractivity contribution is -0.130. The molecule has 0 aliphatic heterocycles. The molecule has 0 saturated carbocycles. The second kappa shape index (κ2) is 3.14. The van der Waals surface area contributed by atoms with E-state index in [9.17, 15) is 9.90 Å². The standard InChI is InChI=1S/C7H11N3O3/c1-4-9-10-6(13-4)8-5(11)7(2,3)12/h12H,1-3H3,(H,8,10,11). The third-order valence-corrected chi connectivity index (χ3v) is 1.30. The summed E-state index contributed by atoms with van der Waals surface area (Å²) in [7, 11) is 0. The van der Waals surface area contributed by atoms with Crippen LogP contribution in [0, 0.1) is 6.92 Å². The van der Waals surface area contributed by atoms with Gasteiger partial charge in [-0.25, -0.2) is 0 Å². The Kier molecular flexibility index (Phi) is 2.33. The van der Waals surface area contributed by atoms with Crippen molar-refractivity contribution in [1.29, 1.82) is 0 Å². The van der Waals surface area contributed by atoms with Crippen molar-refractivity contribution >= 4 is 11.9 Å². The summed E-state index contributed by atoms with van der Waals surface area (Å²) in [6.45, 7) is 4.34. The van der Waals surface area contributed by atoms with Crippen molar-refractivity contribution in [1.82, 2.24) is 10.2 Å². The van der Waals surface area contributed by atoms with Crippen LogP contribution in [0.4, 0.5) is 6.01 Å². The maximum Gasteiger partial charge on any atom is 0.322 e. The SMILES string of the molecule is Cc1nnc(NC(=O)C(C)(C)O)o1. The molecule has 6 nitrogen and oxygen atoms in total. The average molecular weight is 185 g/mol. The van der Waals surface area contributed by atoms with E-state index in [-0.39, 0.29) is 6.01 Å². The topological polar surface area (TPSA) is 88.2 Å². The zero-order chi connectivity index (χ0) is 10.1. The number of carbonyl (C=O) groups excluding carboxylic acids is 1. The first-order valence-corrected chi connectivity index (χ1v) is 3.73. The summed E-state index contributed by atoms with van der Waals surface area (Å²) >= 11 is 0. The number of anilines is 1. The van der Waals surface area contributed by atoms with Gasteiger partial charge in [0.05, 0.1) is 0 Å². The quantitative estimate of drug-likeness (QED) is 0.681. The highest BCUT2D eigenvalue weighted by molar-refractivity contribution is 5.94. The molecule has 72 valence electrons. The van der Waals surface area contributed by atoms with Crippen LogP contribution in [0.1, 0.15) is 19.7 Å². The Balaban J connectivity index is 2.65. The Morgan fingerprint density at radius 1 is 1.54 bits per heavy atom. The van der Waals surface area contributed by atoms with Gasteiger partial charge >= 0.3 is 6.01 Å². The minimum Gasteiger partial charge on any atom is -0.408 e. The number of aryl methyl sites for hydroxylation is 1. The third-order valence-electron chi connectivity index (χ3n) is 1.30. The number of nitrogens with zero attached hydrogens (tertiary/aromatic N) is 2. The summed E-state index contributed by atoms with van der Waals surface area (Å²) in [5, 5.41) is 18.6. The Morgan fingerprint density at radius 3 is 2.54 bits per heavy atom. The highest BCUT2D eigenvalue weighted by Gasteiger charge is 2.25. The first-order valence-electron chi connectivity index (χ1n) is 3.73. The molecule has 1 rings (SSSR count). The minimum atomic E-state index is -1.46. The van der Waals surface area contributed by atoms with Gasteiger partial charge in [-0.2, -0.15) is 0 Å². The van der Waals surface area contributed by atoms with Crippen molar-refractivity contribution in [3.63, 3.8) is 0 Å². The summed E-state index contributed by atoms with van der Waals surface area (Å²) < 4.78 is 4.88. The molecule has 1 aromatic rings. The molecule has 0 atom stereocenters. The second-order valence-corrected chi connectivity index (χ2v) is 3.14. The fourth-order valence-electron chi connectivity index (χ4n) is 0.597. The molecule has 2 N–H and O–H groups in total. The van der Waals surface area contributed by atoms with Crippen LogP contribution in [0.3, 0.4) is 0 Å². The normalized spacial score (nSPS) is 11.4. The van der Waals surface area contributed by atoms with Crippen LogP contribution in [0.5, 0.6) is 0 Å². The molecule has 0 spiro atoms. The van der Waals surface area contributed by atoms with Crippen LogP contribution < -0.4 is 5.32 Å².